The van der Waals surface area contributed by atoms with Gasteiger partial charge in [0, 0.05) is 31.5 Å². The molecule has 0 radical (unpaired) electrons. The number of hydrogen-bond donors (Lipinski definition) is 0. The van der Waals surface area contributed by atoms with E-state index >= 15 is 0 Å². The molecule has 0 atom stereocenters. The number of nitrogens with zero attached hydrogens (tertiary/aromatic N) is 4. The third-order valence-corrected chi connectivity index (χ3v) is 3.38. The maximum Gasteiger partial charge on any atom is 0.128 e. The summed E-state index contributed by atoms with van der Waals surface area (Å²) in [6, 6.07) is 4.13. The van der Waals surface area contributed by atoms with Gasteiger partial charge in [0.15, 0.2) is 0 Å². The molecule has 0 amide bonds. The van der Waals surface area contributed by atoms with Crippen molar-refractivity contribution >= 4 is 5.82 Å². The molecule has 4 heteroatoms. The van der Waals surface area contributed by atoms with Crippen LogP contribution in [0.25, 0.3) is 11.3 Å². The second kappa shape index (κ2) is 5.99. The van der Waals surface area contributed by atoms with Crippen molar-refractivity contribution in [3.63, 3.8) is 0 Å². The Labute approximate surface area is 120 Å². The molecule has 0 saturated heterocycles. The van der Waals surface area contributed by atoms with Gasteiger partial charge < -0.3 is 4.90 Å². The third-order valence-electron chi connectivity index (χ3n) is 3.38. The van der Waals surface area contributed by atoms with Gasteiger partial charge in [-0.15, -0.1) is 0 Å². The first-order valence-electron chi connectivity index (χ1n) is 7.06. The summed E-state index contributed by atoms with van der Waals surface area (Å²) < 4.78 is 0. The van der Waals surface area contributed by atoms with Gasteiger partial charge in [-0.05, 0) is 31.9 Å². The molecule has 106 valence electrons. The second-order valence-electron chi connectivity index (χ2n) is 5.06. The van der Waals surface area contributed by atoms with Crippen molar-refractivity contribution in [3.8, 4) is 11.3 Å². The van der Waals surface area contributed by atoms with Gasteiger partial charge >= 0.3 is 0 Å². The third kappa shape index (κ3) is 2.79. The summed E-state index contributed by atoms with van der Waals surface area (Å²) >= 11 is 0. The highest BCUT2D eigenvalue weighted by Gasteiger charge is 2.12. The van der Waals surface area contributed by atoms with Crippen molar-refractivity contribution in [2.45, 2.75) is 33.6 Å². The summed E-state index contributed by atoms with van der Waals surface area (Å²) in [7, 11) is 3.99. The Morgan fingerprint density at radius 3 is 2.35 bits per heavy atom. The second-order valence-corrected chi connectivity index (χ2v) is 5.06. The molecule has 0 aliphatic rings. The van der Waals surface area contributed by atoms with Crippen LogP contribution in [0.2, 0.25) is 0 Å². The number of hydrogen-bond acceptors (Lipinski definition) is 4. The normalized spacial score (nSPS) is 10.7. The van der Waals surface area contributed by atoms with Gasteiger partial charge in [-0.2, -0.15) is 0 Å². The fourth-order valence-electron chi connectivity index (χ4n) is 2.14. The topological polar surface area (TPSA) is 41.9 Å². The van der Waals surface area contributed by atoms with Crippen LogP contribution in [0.15, 0.2) is 18.3 Å². The lowest BCUT2D eigenvalue weighted by atomic mass is 10.1. The van der Waals surface area contributed by atoms with Gasteiger partial charge in [0.05, 0.1) is 17.1 Å². The molecule has 0 aromatic carbocycles. The highest BCUT2D eigenvalue weighted by molar-refractivity contribution is 5.66. The molecule has 2 rings (SSSR count). The average Bonchev–Trinajstić information content (AvgIpc) is 2.46. The lowest BCUT2D eigenvalue weighted by Gasteiger charge is -2.15. The number of anilines is 1. The van der Waals surface area contributed by atoms with Crippen LogP contribution in [0.4, 0.5) is 5.82 Å². The summed E-state index contributed by atoms with van der Waals surface area (Å²) in [5.74, 6) is 0.962. The van der Waals surface area contributed by atoms with E-state index in [2.05, 4.69) is 29.9 Å². The van der Waals surface area contributed by atoms with Crippen LogP contribution in [0.3, 0.4) is 0 Å². The fraction of sp³-hybridized carbons (Fsp3) is 0.438. The summed E-state index contributed by atoms with van der Waals surface area (Å²) in [6.07, 6.45) is 3.65. The molecule has 0 fully saturated rings. The van der Waals surface area contributed by atoms with Crippen molar-refractivity contribution in [1.82, 2.24) is 15.0 Å². The number of aryl methyl sites for hydroxylation is 3. The van der Waals surface area contributed by atoms with Crippen LogP contribution in [-0.2, 0) is 12.8 Å². The minimum absolute atomic E-state index is 0.876. The van der Waals surface area contributed by atoms with Gasteiger partial charge in [-0.25, -0.2) is 9.97 Å². The minimum atomic E-state index is 0.876. The molecular weight excluding hydrogens is 248 g/mol. The Bertz CT molecular complexity index is 605. The van der Waals surface area contributed by atoms with E-state index in [4.69, 9.17) is 4.98 Å². The van der Waals surface area contributed by atoms with Crippen LogP contribution >= 0.6 is 0 Å². The predicted molar refractivity (Wildman–Crippen MR) is 83.1 cm³/mol. The Hall–Kier alpha value is -1.97. The van der Waals surface area contributed by atoms with Gasteiger partial charge in [0.2, 0.25) is 0 Å². The highest BCUT2D eigenvalue weighted by atomic mass is 15.1. The lowest BCUT2D eigenvalue weighted by molar-refractivity contribution is 0.939. The van der Waals surface area contributed by atoms with E-state index in [1.807, 2.05) is 38.2 Å². The summed E-state index contributed by atoms with van der Waals surface area (Å²) in [6.45, 7) is 6.23. The van der Waals surface area contributed by atoms with E-state index in [9.17, 15) is 0 Å². The lowest BCUT2D eigenvalue weighted by Crippen LogP contribution is -2.11. The van der Waals surface area contributed by atoms with Gasteiger partial charge in [-0.3, -0.25) is 4.98 Å². The molecule has 2 aromatic rings. The largest absolute Gasteiger partial charge is 0.363 e. The van der Waals surface area contributed by atoms with Gasteiger partial charge in [-0.1, -0.05) is 13.8 Å². The summed E-state index contributed by atoms with van der Waals surface area (Å²) in [4.78, 5) is 15.9. The molecule has 0 bridgehead atoms. The Morgan fingerprint density at radius 1 is 1.05 bits per heavy atom. The number of aromatic nitrogens is 3. The molecule has 0 aliphatic carbocycles. The maximum absolute atomic E-state index is 4.75. The quantitative estimate of drug-likeness (QED) is 0.856. The van der Waals surface area contributed by atoms with Crippen molar-refractivity contribution in [1.29, 1.82) is 0 Å². The zero-order valence-corrected chi connectivity index (χ0v) is 12.9. The highest BCUT2D eigenvalue weighted by Crippen LogP contribution is 2.25. The van der Waals surface area contributed by atoms with Gasteiger partial charge in [0.25, 0.3) is 0 Å². The van der Waals surface area contributed by atoms with Crippen LogP contribution in [0.1, 0.15) is 30.9 Å². The number of rotatable bonds is 4. The van der Waals surface area contributed by atoms with Crippen molar-refractivity contribution in [2.75, 3.05) is 19.0 Å². The first-order valence-corrected chi connectivity index (χ1v) is 7.06. The van der Waals surface area contributed by atoms with Crippen LogP contribution in [0, 0.1) is 6.92 Å². The molecule has 20 heavy (non-hydrogen) atoms. The summed E-state index contributed by atoms with van der Waals surface area (Å²) in [5, 5.41) is 0. The van der Waals surface area contributed by atoms with E-state index in [0.29, 0.717) is 0 Å². The molecule has 0 spiro atoms. The van der Waals surface area contributed by atoms with Gasteiger partial charge in [0.1, 0.15) is 5.82 Å². The first kappa shape index (κ1) is 14.4. The maximum atomic E-state index is 4.75. The van der Waals surface area contributed by atoms with Crippen molar-refractivity contribution in [3.05, 3.63) is 35.4 Å². The standard InChI is InChI=1S/C16H22N4/c1-6-12-10-17-14(7-2)16(19-12)13-8-9-15(20(4)5)18-11(13)3/h8-10H,6-7H2,1-5H3. The van der Waals surface area contributed by atoms with E-state index in [0.717, 1.165) is 47.0 Å². The molecule has 0 unspecified atom stereocenters. The first-order chi connectivity index (χ1) is 9.56. The monoisotopic (exact) mass is 270 g/mol. The molecular formula is C16H22N4. The fourth-order valence-corrected chi connectivity index (χ4v) is 2.14. The van der Waals surface area contributed by atoms with E-state index < -0.39 is 0 Å². The van der Waals surface area contributed by atoms with Crippen molar-refractivity contribution in [2.24, 2.45) is 0 Å². The molecule has 0 aliphatic heterocycles. The van der Waals surface area contributed by atoms with E-state index in [-0.39, 0.29) is 0 Å². The summed E-state index contributed by atoms with van der Waals surface area (Å²) in [5.41, 5.74) is 5.10. The molecule has 4 nitrogen and oxygen atoms in total. The van der Waals surface area contributed by atoms with Crippen molar-refractivity contribution < 1.29 is 0 Å². The van der Waals surface area contributed by atoms with Crippen LogP contribution in [0.5, 0.6) is 0 Å². The Kier molecular flexibility index (Phi) is 4.32. The zero-order chi connectivity index (χ0) is 14.7. The SMILES string of the molecule is CCc1cnc(CC)c(-c2ccc(N(C)C)nc2C)n1. The molecule has 2 aromatic heterocycles. The van der Waals surface area contributed by atoms with E-state index in [1.165, 1.54) is 0 Å². The molecule has 0 N–H and O–H groups in total. The Morgan fingerprint density at radius 2 is 1.80 bits per heavy atom. The minimum Gasteiger partial charge on any atom is -0.363 e. The average molecular weight is 270 g/mol. The number of pyridine rings is 1. The van der Waals surface area contributed by atoms with Crippen LogP contribution < -0.4 is 4.90 Å². The smallest absolute Gasteiger partial charge is 0.128 e. The van der Waals surface area contributed by atoms with Crippen LogP contribution in [-0.4, -0.2) is 29.0 Å². The molecule has 2 heterocycles. The predicted octanol–water partition coefficient (Wildman–Crippen LogP) is 3.04. The Balaban J connectivity index is 2.55. The molecule has 0 saturated carbocycles. The zero-order valence-electron chi connectivity index (χ0n) is 12.9. The van der Waals surface area contributed by atoms with E-state index in [1.54, 1.807) is 0 Å².